The second-order valence-electron chi connectivity index (χ2n) is 6.90. The van der Waals surface area contributed by atoms with Gasteiger partial charge in [0.1, 0.15) is 12.4 Å². The van der Waals surface area contributed by atoms with Crippen LogP contribution < -0.4 is 0 Å². The van der Waals surface area contributed by atoms with Crippen LogP contribution in [-0.4, -0.2) is 36.1 Å². The van der Waals surface area contributed by atoms with Gasteiger partial charge in [0.05, 0.1) is 0 Å². The number of fused-ring (bicyclic) bond motifs is 2. The smallest absolute Gasteiger partial charge is 0.461 e. The Hall–Kier alpha value is -1.28. The van der Waals surface area contributed by atoms with Crippen molar-refractivity contribution < 1.29 is 27.2 Å². The fraction of sp³-hybridized carbons (Fsp3) is 0.632. The minimum atomic E-state index is -2.34. The highest BCUT2D eigenvalue weighted by atomic mass is 28.4. The summed E-state index contributed by atoms with van der Waals surface area (Å²) in [6.07, 6.45) is 5.38. The Kier molecular flexibility index (Phi) is 7.76. The summed E-state index contributed by atoms with van der Waals surface area (Å²) in [5.41, 5.74) is 1.34. The van der Waals surface area contributed by atoms with E-state index in [2.05, 4.69) is 0 Å². The molecule has 2 aliphatic carbocycles. The maximum atomic E-state index is 12.4. The topological polar surface area (TPSA) is 54.0 Å². The first-order chi connectivity index (χ1) is 12.4. The molecule has 3 atom stereocenters. The second kappa shape index (κ2) is 9.59. The van der Waals surface area contributed by atoms with Gasteiger partial charge in [0.15, 0.2) is 0 Å². The normalized spacial score (nSPS) is 24.1. The van der Waals surface area contributed by atoms with Gasteiger partial charge < -0.3 is 18.0 Å². The van der Waals surface area contributed by atoms with Gasteiger partial charge in [-0.25, -0.2) is 4.39 Å². The third-order valence-corrected chi connectivity index (χ3v) is 8.72. The van der Waals surface area contributed by atoms with Gasteiger partial charge in [-0.05, 0) is 48.8 Å². The Balaban J connectivity index is 0.000000190. The molecular formula is C19H29FO5Si. The van der Waals surface area contributed by atoms with E-state index in [1.165, 1.54) is 44.7 Å². The minimum Gasteiger partial charge on any atom is -0.461 e. The van der Waals surface area contributed by atoms with Gasteiger partial charge >= 0.3 is 14.8 Å². The Morgan fingerprint density at radius 3 is 2.12 bits per heavy atom. The number of ether oxygens (including phenoxy) is 1. The molecule has 0 saturated heterocycles. The second-order valence-corrected chi connectivity index (χ2v) is 10.1. The van der Waals surface area contributed by atoms with E-state index in [1.54, 1.807) is 33.5 Å². The summed E-state index contributed by atoms with van der Waals surface area (Å²) in [6, 6.07) is 5.83. The highest BCUT2D eigenvalue weighted by Gasteiger charge is 2.56. The van der Waals surface area contributed by atoms with E-state index < -0.39 is 8.80 Å². The van der Waals surface area contributed by atoms with Crippen molar-refractivity contribution in [2.24, 2.45) is 11.8 Å². The third-order valence-electron chi connectivity index (χ3n) is 5.40. The van der Waals surface area contributed by atoms with Crippen LogP contribution in [0, 0.1) is 17.7 Å². The van der Waals surface area contributed by atoms with E-state index in [0.29, 0.717) is 5.54 Å². The molecule has 2 bridgehead atoms. The van der Waals surface area contributed by atoms with E-state index in [4.69, 9.17) is 18.0 Å². The number of benzene rings is 1. The molecule has 1 aromatic rings. The predicted molar refractivity (Wildman–Crippen MR) is 97.8 cm³/mol. The lowest BCUT2D eigenvalue weighted by molar-refractivity contribution is -0.142. The lowest BCUT2D eigenvalue weighted by Gasteiger charge is -2.34. The SMILES string of the molecule is CC(=O)OCc1ccc(F)cc1.CO[Si](OC)(OC)C1CC2CCC1C2. The zero-order chi connectivity index (χ0) is 19.2. The summed E-state index contributed by atoms with van der Waals surface area (Å²) in [5, 5.41) is 0. The number of rotatable bonds is 6. The Morgan fingerprint density at radius 1 is 1.08 bits per heavy atom. The quantitative estimate of drug-likeness (QED) is 0.549. The molecule has 0 heterocycles. The number of halogens is 1. The highest BCUT2D eigenvalue weighted by Crippen LogP contribution is 2.55. The van der Waals surface area contributed by atoms with Crippen LogP contribution in [0.25, 0.3) is 0 Å². The number of hydrogen-bond acceptors (Lipinski definition) is 5. The lowest BCUT2D eigenvalue weighted by atomic mass is 10.0. The molecule has 2 saturated carbocycles. The third kappa shape index (κ3) is 5.13. The summed E-state index contributed by atoms with van der Waals surface area (Å²) in [4.78, 5) is 10.4. The van der Waals surface area contributed by atoms with Gasteiger partial charge in [0, 0.05) is 33.8 Å². The Bertz CT molecular complexity index is 568. The molecule has 0 amide bonds. The fourth-order valence-corrected chi connectivity index (χ4v) is 7.06. The van der Waals surface area contributed by atoms with Crippen molar-refractivity contribution in [2.45, 2.75) is 44.8 Å². The van der Waals surface area contributed by atoms with Crippen molar-refractivity contribution in [2.75, 3.05) is 21.3 Å². The maximum absolute atomic E-state index is 12.4. The monoisotopic (exact) mass is 384 g/mol. The molecule has 2 fully saturated rings. The summed E-state index contributed by atoms with van der Waals surface area (Å²) in [6.45, 7) is 1.54. The molecule has 3 unspecified atom stereocenters. The first-order valence-corrected chi connectivity index (χ1v) is 10.8. The molecule has 0 N–H and O–H groups in total. The minimum absolute atomic E-state index is 0.204. The standard InChI is InChI=1S/C10H20O3Si.C9H9FO2/c1-11-14(12-2,13-3)10-7-8-4-5-9(10)6-8;1-7(11)12-6-8-2-4-9(10)5-3-8/h8-10H,4-7H2,1-3H3;2-5H,6H2,1H3. The van der Waals surface area contributed by atoms with Crippen molar-refractivity contribution in [3.8, 4) is 0 Å². The van der Waals surface area contributed by atoms with Crippen molar-refractivity contribution in [1.29, 1.82) is 0 Å². The first-order valence-electron chi connectivity index (χ1n) is 8.97. The van der Waals surface area contributed by atoms with Crippen LogP contribution in [0.4, 0.5) is 4.39 Å². The summed E-state index contributed by atoms with van der Waals surface area (Å²) in [7, 11) is 2.84. The van der Waals surface area contributed by atoms with Gasteiger partial charge in [0.25, 0.3) is 0 Å². The average molecular weight is 385 g/mol. The summed E-state index contributed by atoms with van der Waals surface area (Å²) >= 11 is 0. The molecular weight excluding hydrogens is 355 g/mol. The number of hydrogen-bond donors (Lipinski definition) is 0. The fourth-order valence-electron chi connectivity index (χ4n) is 4.15. The molecule has 1 aromatic carbocycles. The molecule has 146 valence electrons. The average Bonchev–Trinajstić information content (AvgIpc) is 3.28. The Labute approximate surface area is 156 Å². The van der Waals surface area contributed by atoms with Crippen LogP contribution in [0.1, 0.15) is 38.2 Å². The van der Waals surface area contributed by atoms with Gasteiger partial charge in [-0.1, -0.05) is 18.6 Å². The molecule has 0 aliphatic heterocycles. The van der Waals surface area contributed by atoms with Gasteiger partial charge in [-0.2, -0.15) is 0 Å². The van der Waals surface area contributed by atoms with Crippen molar-refractivity contribution >= 4 is 14.8 Å². The van der Waals surface area contributed by atoms with E-state index in [-0.39, 0.29) is 18.4 Å². The van der Waals surface area contributed by atoms with Gasteiger partial charge in [0.2, 0.25) is 0 Å². The number of carbonyl (C=O) groups excluding carboxylic acids is 1. The van der Waals surface area contributed by atoms with Gasteiger partial charge in [-0.3, -0.25) is 4.79 Å². The molecule has 0 spiro atoms. The maximum Gasteiger partial charge on any atom is 0.503 e. The van der Waals surface area contributed by atoms with Crippen LogP contribution in [0.3, 0.4) is 0 Å². The van der Waals surface area contributed by atoms with E-state index in [1.807, 2.05) is 0 Å². The Morgan fingerprint density at radius 2 is 1.69 bits per heavy atom. The molecule has 0 radical (unpaired) electrons. The summed E-state index contributed by atoms with van der Waals surface area (Å²) < 4.78 is 33.8. The van der Waals surface area contributed by atoms with E-state index in [0.717, 1.165) is 17.4 Å². The van der Waals surface area contributed by atoms with Crippen LogP contribution in [0.5, 0.6) is 0 Å². The first kappa shape index (κ1) is 21.0. The predicted octanol–water partition coefficient (Wildman–Crippen LogP) is 3.94. The van der Waals surface area contributed by atoms with Gasteiger partial charge in [-0.15, -0.1) is 0 Å². The molecule has 0 aromatic heterocycles. The number of carbonyl (C=O) groups is 1. The van der Waals surface area contributed by atoms with Crippen molar-refractivity contribution in [3.05, 3.63) is 35.6 Å². The van der Waals surface area contributed by atoms with E-state index >= 15 is 0 Å². The molecule has 7 heteroatoms. The molecule has 26 heavy (non-hydrogen) atoms. The largest absolute Gasteiger partial charge is 0.503 e. The van der Waals surface area contributed by atoms with Crippen LogP contribution in [0.15, 0.2) is 24.3 Å². The summed E-state index contributed by atoms with van der Waals surface area (Å²) in [5.74, 6) is 1.09. The molecule has 3 rings (SSSR count). The number of esters is 1. The molecule has 5 nitrogen and oxygen atoms in total. The van der Waals surface area contributed by atoms with Crippen LogP contribution >= 0.6 is 0 Å². The lowest BCUT2D eigenvalue weighted by Crippen LogP contribution is -2.49. The van der Waals surface area contributed by atoms with Crippen molar-refractivity contribution in [3.63, 3.8) is 0 Å². The highest BCUT2D eigenvalue weighted by molar-refractivity contribution is 6.62. The zero-order valence-corrected chi connectivity index (χ0v) is 17.0. The van der Waals surface area contributed by atoms with E-state index in [9.17, 15) is 9.18 Å². The van der Waals surface area contributed by atoms with Crippen LogP contribution in [-0.2, 0) is 29.4 Å². The molecule has 2 aliphatic rings. The van der Waals surface area contributed by atoms with Crippen LogP contribution in [0.2, 0.25) is 5.54 Å². The zero-order valence-electron chi connectivity index (χ0n) is 16.0. The van der Waals surface area contributed by atoms with Crippen molar-refractivity contribution in [1.82, 2.24) is 0 Å².